The molecule has 0 aliphatic carbocycles. The number of carbonyl (C=O) groups excluding carboxylic acids is 2. The predicted octanol–water partition coefficient (Wildman–Crippen LogP) is 5.46. The fourth-order valence-corrected chi connectivity index (χ4v) is 7.61. The summed E-state index contributed by atoms with van der Waals surface area (Å²) in [7, 11) is 2.07. The van der Waals surface area contributed by atoms with Gasteiger partial charge in [0.05, 0.1) is 35.7 Å². The highest BCUT2D eigenvalue weighted by Crippen LogP contribution is 2.40. The first kappa shape index (κ1) is 31.3. The van der Waals surface area contributed by atoms with Crippen LogP contribution >= 0.6 is 11.9 Å². The van der Waals surface area contributed by atoms with Gasteiger partial charge >= 0.3 is 6.03 Å². The van der Waals surface area contributed by atoms with Gasteiger partial charge in [0.15, 0.2) is 0 Å². The SMILES string of the molecule is CC1COCCN1C1=CC(N2[C@H](C)CC[C@@H]2C)=CN(c2ccc(NC(=O)Nc3ccc(C(=O)N4CCN(C)CC4)cc3)cc2)S1. The van der Waals surface area contributed by atoms with E-state index in [1.807, 2.05) is 29.2 Å². The molecule has 0 spiro atoms. The van der Waals surface area contributed by atoms with Gasteiger partial charge in [0, 0.05) is 79.9 Å². The summed E-state index contributed by atoms with van der Waals surface area (Å²) in [6.45, 7) is 12.4. The average molecular weight is 632 g/mol. The van der Waals surface area contributed by atoms with Crippen molar-refractivity contribution in [2.24, 2.45) is 0 Å². The number of carbonyl (C=O) groups is 2. The second kappa shape index (κ2) is 13.8. The number of morpholine rings is 1. The molecule has 240 valence electrons. The van der Waals surface area contributed by atoms with Gasteiger partial charge in [-0.25, -0.2) is 4.79 Å². The fraction of sp³-hybridized carbons (Fsp3) is 0.471. The summed E-state index contributed by atoms with van der Waals surface area (Å²) >= 11 is 1.73. The number of urea groups is 1. The number of nitrogens with zero attached hydrogens (tertiary/aromatic N) is 5. The molecule has 11 heteroatoms. The van der Waals surface area contributed by atoms with E-state index in [0.29, 0.717) is 35.1 Å². The maximum absolute atomic E-state index is 12.8. The number of ether oxygens (including phenoxy) is 1. The second-order valence-electron chi connectivity index (χ2n) is 12.6. The first-order valence-electron chi connectivity index (χ1n) is 16.0. The molecule has 2 aromatic carbocycles. The van der Waals surface area contributed by atoms with Gasteiger partial charge in [0.25, 0.3) is 5.91 Å². The van der Waals surface area contributed by atoms with E-state index >= 15 is 0 Å². The quantitative estimate of drug-likeness (QED) is 0.407. The number of benzene rings is 2. The van der Waals surface area contributed by atoms with Crippen LogP contribution in [0, 0.1) is 0 Å². The lowest BCUT2D eigenvalue weighted by atomic mass is 10.1. The Morgan fingerprint density at radius 2 is 1.44 bits per heavy atom. The normalized spacial score (nSPS) is 24.3. The van der Waals surface area contributed by atoms with E-state index in [1.54, 1.807) is 36.2 Å². The van der Waals surface area contributed by atoms with E-state index in [2.05, 4.69) is 69.7 Å². The van der Waals surface area contributed by atoms with Crippen molar-refractivity contribution in [3.63, 3.8) is 0 Å². The van der Waals surface area contributed by atoms with E-state index in [1.165, 1.54) is 23.6 Å². The fourth-order valence-electron chi connectivity index (χ4n) is 6.47. The summed E-state index contributed by atoms with van der Waals surface area (Å²) in [5.74, 6) is 0.0274. The average Bonchev–Trinajstić information content (AvgIpc) is 3.39. The zero-order chi connectivity index (χ0) is 31.5. The Hall–Kier alpha value is -3.67. The lowest BCUT2D eigenvalue weighted by molar-refractivity contribution is 0.0211. The number of likely N-dealkylation sites (N-methyl/N-ethyl adjacent to an activating group) is 1. The Morgan fingerprint density at radius 1 is 0.822 bits per heavy atom. The van der Waals surface area contributed by atoms with Crippen LogP contribution in [0.5, 0.6) is 0 Å². The van der Waals surface area contributed by atoms with E-state index in [9.17, 15) is 9.59 Å². The summed E-state index contributed by atoms with van der Waals surface area (Å²) in [5, 5.41) is 7.04. The number of amides is 3. The van der Waals surface area contributed by atoms with Crippen LogP contribution in [0.15, 0.2) is 71.5 Å². The van der Waals surface area contributed by atoms with Gasteiger partial charge in [-0.1, -0.05) is 0 Å². The van der Waals surface area contributed by atoms with Crippen molar-refractivity contribution in [2.75, 3.05) is 67.9 Å². The van der Waals surface area contributed by atoms with E-state index < -0.39 is 0 Å². The van der Waals surface area contributed by atoms with E-state index in [-0.39, 0.29) is 11.9 Å². The van der Waals surface area contributed by atoms with E-state index in [0.717, 1.165) is 51.6 Å². The minimum atomic E-state index is -0.334. The Kier molecular flexibility index (Phi) is 9.58. The molecule has 4 heterocycles. The van der Waals surface area contributed by atoms with Gasteiger partial charge in [-0.2, -0.15) is 0 Å². The highest BCUT2D eigenvalue weighted by atomic mass is 32.2. The van der Waals surface area contributed by atoms with Crippen LogP contribution in [-0.4, -0.2) is 103 Å². The number of hydrogen-bond donors (Lipinski definition) is 2. The summed E-state index contributed by atoms with van der Waals surface area (Å²) in [4.78, 5) is 34.7. The Morgan fingerprint density at radius 3 is 2.07 bits per heavy atom. The third-order valence-electron chi connectivity index (χ3n) is 9.17. The molecule has 0 aromatic heterocycles. The van der Waals surface area contributed by atoms with Gasteiger partial charge in [-0.3, -0.25) is 9.10 Å². The largest absolute Gasteiger partial charge is 0.377 e. The van der Waals surface area contributed by atoms with Crippen molar-refractivity contribution in [1.29, 1.82) is 0 Å². The Balaban J connectivity index is 1.10. The van der Waals surface area contributed by atoms with Crippen LogP contribution in [0.3, 0.4) is 0 Å². The van der Waals surface area contributed by atoms with Crippen LogP contribution in [-0.2, 0) is 4.74 Å². The lowest BCUT2D eigenvalue weighted by Crippen LogP contribution is -2.47. The van der Waals surface area contributed by atoms with E-state index in [4.69, 9.17) is 4.74 Å². The zero-order valence-corrected chi connectivity index (χ0v) is 27.6. The van der Waals surface area contributed by atoms with Gasteiger partial charge in [0.2, 0.25) is 0 Å². The number of anilines is 3. The van der Waals surface area contributed by atoms with Crippen LogP contribution in [0.1, 0.15) is 44.0 Å². The minimum Gasteiger partial charge on any atom is -0.377 e. The van der Waals surface area contributed by atoms with Crippen molar-refractivity contribution in [1.82, 2.24) is 19.6 Å². The van der Waals surface area contributed by atoms with Crippen molar-refractivity contribution in [2.45, 2.75) is 51.7 Å². The minimum absolute atomic E-state index is 0.0274. The predicted molar refractivity (Wildman–Crippen MR) is 182 cm³/mol. The first-order valence-corrected chi connectivity index (χ1v) is 16.8. The molecule has 3 fully saturated rings. The smallest absolute Gasteiger partial charge is 0.323 e. The van der Waals surface area contributed by atoms with Crippen LogP contribution in [0.4, 0.5) is 21.9 Å². The van der Waals surface area contributed by atoms with Crippen molar-refractivity contribution < 1.29 is 14.3 Å². The molecule has 3 atom stereocenters. The molecule has 0 radical (unpaired) electrons. The molecule has 1 unspecified atom stereocenters. The maximum atomic E-state index is 12.8. The molecule has 2 aromatic rings. The topological polar surface area (TPSA) is 83.6 Å². The number of piperazine rings is 1. The van der Waals surface area contributed by atoms with Crippen molar-refractivity contribution in [3.8, 4) is 0 Å². The van der Waals surface area contributed by atoms with Gasteiger partial charge in [0.1, 0.15) is 0 Å². The molecule has 2 N–H and O–H groups in total. The zero-order valence-electron chi connectivity index (χ0n) is 26.7. The summed E-state index contributed by atoms with van der Waals surface area (Å²) in [6.07, 6.45) is 6.98. The molecular weight excluding hydrogens is 586 g/mol. The molecule has 6 rings (SSSR count). The monoisotopic (exact) mass is 631 g/mol. The standard InChI is InChI=1S/C34H45N7O3S/c1-24-5-6-25(2)41(24)31-21-32(39-19-20-44-23-26(39)3)45-40(22-31)30-13-11-29(12-14-30)36-34(43)35-28-9-7-27(8-10-28)33(42)38-17-15-37(4)16-18-38/h7-14,21-22,24-26H,5-6,15-20,23H2,1-4H3,(H2,35,36,43)/t24-,25+,26?. The number of nitrogens with one attached hydrogen (secondary N) is 2. The highest BCUT2D eigenvalue weighted by molar-refractivity contribution is 8.04. The highest BCUT2D eigenvalue weighted by Gasteiger charge is 2.33. The number of allylic oxidation sites excluding steroid dienone is 1. The first-order chi connectivity index (χ1) is 21.7. The summed E-state index contributed by atoms with van der Waals surface area (Å²) in [6, 6.07) is 16.0. The molecule has 0 saturated carbocycles. The number of hydrogen-bond acceptors (Lipinski definition) is 8. The second-order valence-corrected chi connectivity index (χ2v) is 13.5. The molecule has 4 aliphatic rings. The molecular formula is C34H45N7O3S. The van der Waals surface area contributed by atoms with Gasteiger partial charge < -0.3 is 35.0 Å². The van der Waals surface area contributed by atoms with Crippen molar-refractivity contribution >= 4 is 40.9 Å². The van der Waals surface area contributed by atoms with Crippen LogP contribution in [0.2, 0.25) is 0 Å². The van der Waals surface area contributed by atoms with Gasteiger partial charge in [-0.05, 0) is 95.3 Å². The van der Waals surface area contributed by atoms with Crippen LogP contribution in [0.25, 0.3) is 0 Å². The third-order valence-corrected chi connectivity index (χ3v) is 10.2. The molecule has 4 aliphatic heterocycles. The third kappa shape index (κ3) is 7.26. The summed E-state index contributed by atoms with van der Waals surface area (Å²) in [5.41, 5.74) is 4.23. The summed E-state index contributed by atoms with van der Waals surface area (Å²) < 4.78 is 7.96. The van der Waals surface area contributed by atoms with Crippen molar-refractivity contribution in [3.05, 3.63) is 77.1 Å². The molecule has 3 amide bonds. The van der Waals surface area contributed by atoms with Crippen LogP contribution < -0.4 is 14.9 Å². The number of rotatable bonds is 6. The lowest BCUT2D eigenvalue weighted by Gasteiger charge is -2.41. The number of likely N-dealkylation sites (tertiary alicyclic amines) is 1. The Labute approximate surface area is 271 Å². The molecule has 3 saturated heterocycles. The molecule has 0 bridgehead atoms. The Bertz CT molecular complexity index is 1410. The maximum Gasteiger partial charge on any atom is 0.323 e. The molecule has 45 heavy (non-hydrogen) atoms. The molecule has 10 nitrogen and oxygen atoms in total. The van der Waals surface area contributed by atoms with Gasteiger partial charge in [-0.15, -0.1) is 0 Å².